The van der Waals surface area contributed by atoms with Gasteiger partial charge in [0.15, 0.2) is 0 Å². The molecule has 1 amide bonds. The lowest BCUT2D eigenvalue weighted by Gasteiger charge is -2.22. The third kappa shape index (κ3) is 2.81. The van der Waals surface area contributed by atoms with E-state index < -0.39 is 6.04 Å². The van der Waals surface area contributed by atoms with Crippen molar-refractivity contribution in [3.63, 3.8) is 0 Å². The molecule has 4 rings (SSSR count). The molecule has 0 N–H and O–H groups in total. The molecule has 0 saturated carbocycles. The summed E-state index contributed by atoms with van der Waals surface area (Å²) >= 11 is 0. The highest BCUT2D eigenvalue weighted by molar-refractivity contribution is 5.97. The van der Waals surface area contributed by atoms with Crippen molar-refractivity contribution in [2.45, 2.75) is 19.4 Å². The summed E-state index contributed by atoms with van der Waals surface area (Å²) in [6.07, 6.45) is 0.834. The average Bonchev–Trinajstić information content (AvgIpc) is 3.12. The van der Waals surface area contributed by atoms with E-state index in [1.165, 1.54) is 10.7 Å². The van der Waals surface area contributed by atoms with Crippen LogP contribution in [0.25, 0.3) is 11.3 Å². The highest BCUT2D eigenvalue weighted by atomic mass is 16.2. The molecular weight excluding hydrogens is 326 g/mol. The molecule has 130 valence electrons. The third-order valence-electron chi connectivity index (χ3n) is 4.77. The molecule has 5 nitrogen and oxygen atoms in total. The van der Waals surface area contributed by atoms with E-state index in [0.29, 0.717) is 12.2 Å². The molecular formula is C21H19N3O2. The lowest BCUT2D eigenvalue weighted by atomic mass is 10.1. The van der Waals surface area contributed by atoms with Crippen LogP contribution in [0.3, 0.4) is 0 Å². The summed E-state index contributed by atoms with van der Waals surface area (Å²) in [5.41, 5.74) is 3.39. The molecule has 0 radical (unpaired) electrons. The molecule has 1 aromatic heterocycles. The molecule has 1 unspecified atom stereocenters. The van der Waals surface area contributed by atoms with E-state index in [9.17, 15) is 9.59 Å². The van der Waals surface area contributed by atoms with Crippen molar-refractivity contribution in [1.82, 2.24) is 9.78 Å². The minimum absolute atomic E-state index is 0.116. The zero-order valence-electron chi connectivity index (χ0n) is 14.5. The molecule has 0 fully saturated rings. The maximum absolute atomic E-state index is 13.0. The Bertz CT molecular complexity index is 1010. The minimum Gasteiger partial charge on any atom is -0.310 e. The summed E-state index contributed by atoms with van der Waals surface area (Å²) in [6.45, 7) is 2.36. The van der Waals surface area contributed by atoms with E-state index in [0.717, 1.165) is 23.2 Å². The van der Waals surface area contributed by atoms with Crippen LogP contribution in [0.4, 0.5) is 5.69 Å². The van der Waals surface area contributed by atoms with Gasteiger partial charge in [-0.25, -0.2) is 4.68 Å². The Morgan fingerprint density at radius 1 is 1.00 bits per heavy atom. The summed E-state index contributed by atoms with van der Waals surface area (Å²) < 4.78 is 1.28. The van der Waals surface area contributed by atoms with Gasteiger partial charge in [-0.1, -0.05) is 48.5 Å². The van der Waals surface area contributed by atoms with Crippen molar-refractivity contribution in [1.29, 1.82) is 0 Å². The standard InChI is InChI=1S/C21H19N3O2/c1-15(21(26)23-14-13-17-9-5-6-10-19(17)23)24-20(25)12-11-18(22-24)16-7-3-2-4-8-16/h2-12,15H,13-14H2,1H3. The number of hydrogen-bond acceptors (Lipinski definition) is 3. The first-order valence-corrected chi connectivity index (χ1v) is 8.70. The van der Waals surface area contributed by atoms with Gasteiger partial charge in [0.05, 0.1) is 5.69 Å². The lowest BCUT2D eigenvalue weighted by Crippen LogP contribution is -2.39. The monoisotopic (exact) mass is 345 g/mol. The van der Waals surface area contributed by atoms with E-state index >= 15 is 0 Å². The van der Waals surface area contributed by atoms with Crippen molar-refractivity contribution in [2.24, 2.45) is 0 Å². The van der Waals surface area contributed by atoms with Crippen molar-refractivity contribution in [3.8, 4) is 11.3 Å². The summed E-state index contributed by atoms with van der Waals surface area (Å²) in [4.78, 5) is 27.1. The van der Waals surface area contributed by atoms with E-state index in [-0.39, 0.29) is 11.5 Å². The maximum Gasteiger partial charge on any atom is 0.267 e. The van der Waals surface area contributed by atoms with Crippen LogP contribution < -0.4 is 10.5 Å². The normalized spacial score (nSPS) is 14.1. The van der Waals surface area contributed by atoms with Gasteiger partial charge in [0, 0.05) is 23.9 Å². The summed E-state index contributed by atoms with van der Waals surface area (Å²) in [5.74, 6) is -0.116. The molecule has 2 heterocycles. The second-order valence-corrected chi connectivity index (χ2v) is 6.41. The van der Waals surface area contributed by atoms with Gasteiger partial charge in [0.25, 0.3) is 11.5 Å². The van der Waals surface area contributed by atoms with Gasteiger partial charge in [-0.15, -0.1) is 0 Å². The highest BCUT2D eigenvalue weighted by Gasteiger charge is 2.29. The number of para-hydroxylation sites is 1. The van der Waals surface area contributed by atoms with Crippen LogP contribution in [-0.2, 0) is 11.2 Å². The van der Waals surface area contributed by atoms with Gasteiger partial charge < -0.3 is 4.90 Å². The zero-order chi connectivity index (χ0) is 18.1. The third-order valence-corrected chi connectivity index (χ3v) is 4.77. The van der Waals surface area contributed by atoms with E-state index in [1.807, 2.05) is 54.6 Å². The Balaban J connectivity index is 1.67. The second kappa shape index (κ2) is 6.59. The molecule has 0 saturated heterocycles. The molecule has 1 atom stereocenters. The van der Waals surface area contributed by atoms with Crippen LogP contribution in [-0.4, -0.2) is 22.2 Å². The number of anilines is 1. The first-order chi connectivity index (χ1) is 12.6. The Morgan fingerprint density at radius 2 is 1.73 bits per heavy atom. The fraction of sp³-hybridized carbons (Fsp3) is 0.190. The number of benzene rings is 2. The van der Waals surface area contributed by atoms with Crippen molar-refractivity contribution in [3.05, 3.63) is 82.6 Å². The van der Waals surface area contributed by atoms with E-state index in [4.69, 9.17) is 0 Å². The minimum atomic E-state index is -0.669. The number of hydrogen-bond donors (Lipinski definition) is 0. The molecule has 5 heteroatoms. The number of fused-ring (bicyclic) bond motifs is 1. The first kappa shape index (κ1) is 16.3. The van der Waals surface area contributed by atoms with Crippen molar-refractivity contribution in [2.75, 3.05) is 11.4 Å². The fourth-order valence-electron chi connectivity index (χ4n) is 3.36. The Labute approximate surface area is 151 Å². The fourth-order valence-corrected chi connectivity index (χ4v) is 3.36. The van der Waals surface area contributed by atoms with Gasteiger partial charge in [-0.2, -0.15) is 5.10 Å². The van der Waals surface area contributed by atoms with Crippen molar-refractivity contribution >= 4 is 11.6 Å². The molecule has 1 aliphatic rings. The van der Waals surface area contributed by atoms with E-state index in [2.05, 4.69) is 5.10 Å². The van der Waals surface area contributed by atoms with Gasteiger partial charge in [-0.05, 0) is 31.0 Å². The number of nitrogens with zero attached hydrogens (tertiary/aromatic N) is 3. The van der Waals surface area contributed by atoms with Gasteiger partial charge in [0.2, 0.25) is 0 Å². The Kier molecular flexibility index (Phi) is 4.13. The number of amides is 1. The van der Waals surface area contributed by atoms with Crippen LogP contribution in [0, 0.1) is 0 Å². The Hall–Kier alpha value is -3.21. The van der Waals surface area contributed by atoms with E-state index in [1.54, 1.807) is 17.9 Å². The predicted molar refractivity (Wildman–Crippen MR) is 101 cm³/mol. The molecule has 0 aliphatic carbocycles. The topological polar surface area (TPSA) is 55.2 Å². The first-order valence-electron chi connectivity index (χ1n) is 8.70. The molecule has 3 aromatic rings. The van der Waals surface area contributed by atoms with Crippen LogP contribution in [0.2, 0.25) is 0 Å². The summed E-state index contributed by atoms with van der Waals surface area (Å²) in [6, 6.07) is 20.0. The van der Waals surface area contributed by atoms with Crippen LogP contribution in [0.5, 0.6) is 0 Å². The predicted octanol–water partition coefficient (Wildman–Crippen LogP) is 3.06. The lowest BCUT2D eigenvalue weighted by molar-refractivity contribution is -0.121. The quantitative estimate of drug-likeness (QED) is 0.733. The number of aromatic nitrogens is 2. The van der Waals surface area contributed by atoms with Crippen LogP contribution >= 0.6 is 0 Å². The average molecular weight is 345 g/mol. The second-order valence-electron chi connectivity index (χ2n) is 6.41. The van der Waals surface area contributed by atoms with Crippen molar-refractivity contribution < 1.29 is 4.79 Å². The Morgan fingerprint density at radius 3 is 2.54 bits per heavy atom. The van der Waals surface area contributed by atoms with Crippen LogP contribution in [0.15, 0.2) is 71.5 Å². The highest BCUT2D eigenvalue weighted by Crippen LogP contribution is 2.29. The number of carbonyl (C=O) groups excluding carboxylic acids is 1. The SMILES string of the molecule is CC(C(=O)N1CCc2ccccc21)n1nc(-c2ccccc2)ccc1=O. The molecule has 26 heavy (non-hydrogen) atoms. The molecule has 1 aliphatic heterocycles. The number of rotatable bonds is 3. The largest absolute Gasteiger partial charge is 0.310 e. The van der Waals surface area contributed by atoms with Gasteiger partial charge >= 0.3 is 0 Å². The van der Waals surface area contributed by atoms with Gasteiger partial charge in [-0.3, -0.25) is 9.59 Å². The summed E-state index contributed by atoms with van der Waals surface area (Å²) in [7, 11) is 0. The zero-order valence-corrected chi connectivity index (χ0v) is 14.5. The van der Waals surface area contributed by atoms with Crippen LogP contribution in [0.1, 0.15) is 18.5 Å². The maximum atomic E-state index is 13.0. The summed E-state index contributed by atoms with van der Waals surface area (Å²) in [5, 5.41) is 4.45. The smallest absolute Gasteiger partial charge is 0.267 e. The molecule has 0 spiro atoms. The molecule has 0 bridgehead atoms. The molecule has 2 aromatic carbocycles. The number of carbonyl (C=O) groups is 1. The van der Waals surface area contributed by atoms with Gasteiger partial charge in [0.1, 0.15) is 6.04 Å².